The van der Waals surface area contributed by atoms with Crippen LogP contribution in [0.5, 0.6) is 0 Å². The van der Waals surface area contributed by atoms with Crippen LogP contribution in [0.2, 0.25) is 0 Å². The number of alkyl halides is 2. The van der Waals surface area contributed by atoms with E-state index in [-0.39, 0.29) is 5.34 Å². The molecule has 0 aliphatic heterocycles. The quantitative estimate of drug-likeness (QED) is 0.384. The second-order valence-corrected chi connectivity index (χ2v) is 6.09. The molecule has 0 saturated carbocycles. The molecule has 16 heavy (non-hydrogen) atoms. The molecule has 0 atom stereocenters. The summed E-state index contributed by atoms with van der Waals surface area (Å²) in [6.07, 6.45) is 0. The van der Waals surface area contributed by atoms with E-state index in [1.165, 1.54) is 0 Å². The van der Waals surface area contributed by atoms with Crippen molar-refractivity contribution in [2.75, 3.05) is 5.34 Å². The van der Waals surface area contributed by atoms with Crippen LogP contribution in [0.15, 0.2) is 0 Å². The molecular weight excluding hydrogens is 251 g/mol. The van der Waals surface area contributed by atoms with Crippen molar-refractivity contribution in [3.8, 4) is 0 Å². The SMILES string of the molecule is CC(C)(C)C(=O)OC(=O)C(C)(C)C.ClCCl. The zero-order chi connectivity index (χ0) is 13.6. The van der Waals surface area contributed by atoms with Crippen molar-refractivity contribution in [2.24, 2.45) is 10.8 Å². The Hall–Kier alpha value is -0.280. The highest BCUT2D eigenvalue weighted by atomic mass is 35.5. The summed E-state index contributed by atoms with van der Waals surface area (Å²) in [4.78, 5) is 22.6. The summed E-state index contributed by atoms with van der Waals surface area (Å²) in [5, 5.41) is 0.194. The lowest BCUT2D eigenvalue weighted by molar-refractivity contribution is -0.170. The largest absolute Gasteiger partial charge is 0.392 e. The maximum Gasteiger partial charge on any atom is 0.318 e. The third-order valence-electron chi connectivity index (χ3n) is 1.41. The molecule has 3 nitrogen and oxygen atoms in total. The average molecular weight is 271 g/mol. The van der Waals surface area contributed by atoms with Crippen molar-refractivity contribution in [1.29, 1.82) is 0 Å². The fraction of sp³-hybridized carbons (Fsp3) is 0.818. The zero-order valence-electron chi connectivity index (χ0n) is 10.7. The van der Waals surface area contributed by atoms with E-state index in [0.29, 0.717) is 0 Å². The Balaban J connectivity index is 0. The molecule has 0 heterocycles. The summed E-state index contributed by atoms with van der Waals surface area (Å²) in [5.74, 6) is -0.958. The van der Waals surface area contributed by atoms with Crippen molar-refractivity contribution in [1.82, 2.24) is 0 Å². The molecule has 0 saturated heterocycles. The Kier molecular flexibility index (Phi) is 8.06. The van der Waals surface area contributed by atoms with E-state index in [1.807, 2.05) is 0 Å². The highest BCUT2D eigenvalue weighted by Gasteiger charge is 2.31. The van der Waals surface area contributed by atoms with Gasteiger partial charge in [-0.2, -0.15) is 0 Å². The molecule has 0 aliphatic rings. The molecule has 0 bridgehead atoms. The number of ether oxygens (including phenoxy) is 1. The molecule has 0 aliphatic carbocycles. The first-order chi connectivity index (χ1) is 6.96. The molecule has 96 valence electrons. The lowest BCUT2D eigenvalue weighted by Crippen LogP contribution is -2.31. The smallest absolute Gasteiger partial charge is 0.318 e. The molecule has 0 aromatic carbocycles. The first-order valence-electron chi connectivity index (χ1n) is 4.85. The summed E-state index contributed by atoms with van der Waals surface area (Å²) < 4.78 is 4.70. The predicted molar refractivity (Wildman–Crippen MR) is 66.6 cm³/mol. The second-order valence-electron chi connectivity index (χ2n) is 5.28. The number of halogens is 2. The van der Waals surface area contributed by atoms with E-state index in [0.717, 1.165) is 0 Å². The molecule has 0 radical (unpaired) electrons. The molecule has 0 unspecified atom stereocenters. The molecule has 0 N–H and O–H groups in total. The Morgan fingerprint density at radius 2 is 1.06 bits per heavy atom. The molecule has 5 heteroatoms. The number of carbonyl (C=O) groups is 2. The zero-order valence-corrected chi connectivity index (χ0v) is 12.2. The highest BCUT2D eigenvalue weighted by Crippen LogP contribution is 2.20. The van der Waals surface area contributed by atoms with Crippen LogP contribution in [0.1, 0.15) is 41.5 Å². The predicted octanol–water partition coefficient (Wildman–Crippen LogP) is 3.57. The summed E-state index contributed by atoms with van der Waals surface area (Å²) in [5.41, 5.74) is -1.25. The van der Waals surface area contributed by atoms with Gasteiger partial charge in [-0.25, -0.2) is 0 Å². The van der Waals surface area contributed by atoms with Gasteiger partial charge in [0.25, 0.3) is 0 Å². The minimum absolute atomic E-state index is 0.194. The highest BCUT2D eigenvalue weighted by molar-refractivity contribution is 6.40. The minimum Gasteiger partial charge on any atom is -0.392 e. The fourth-order valence-electron chi connectivity index (χ4n) is 0.390. The lowest BCUT2D eigenvalue weighted by Gasteiger charge is -2.20. The minimum atomic E-state index is -0.624. The van der Waals surface area contributed by atoms with Crippen LogP contribution in [-0.2, 0) is 14.3 Å². The number of hydrogen-bond acceptors (Lipinski definition) is 3. The van der Waals surface area contributed by atoms with Gasteiger partial charge in [0, 0.05) is 0 Å². The summed E-state index contributed by atoms with van der Waals surface area (Å²) in [6, 6.07) is 0. The Labute approximate surface area is 107 Å². The average Bonchev–Trinajstić information content (AvgIpc) is 2.01. The van der Waals surface area contributed by atoms with Crippen molar-refractivity contribution < 1.29 is 14.3 Å². The van der Waals surface area contributed by atoms with E-state index in [4.69, 9.17) is 27.9 Å². The van der Waals surface area contributed by atoms with Gasteiger partial charge >= 0.3 is 11.9 Å². The van der Waals surface area contributed by atoms with Gasteiger partial charge in [0.05, 0.1) is 16.2 Å². The number of carbonyl (C=O) groups excluding carboxylic acids is 2. The first kappa shape index (κ1) is 18.1. The van der Waals surface area contributed by atoms with E-state index in [2.05, 4.69) is 0 Å². The Bertz CT molecular complexity index is 213. The Morgan fingerprint density at radius 1 is 0.875 bits per heavy atom. The van der Waals surface area contributed by atoms with Crippen LogP contribution in [0.3, 0.4) is 0 Å². The molecule has 0 amide bonds. The lowest BCUT2D eigenvalue weighted by atomic mass is 9.95. The summed E-state index contributed by atoms with van der Waals surface area (Å²) in [6.45, 7) is 10.3. The maximum absolute atomic E-state index is 11.3. The van der Waals surface area contributed by atoms with Gasteiger partial charge in [0.15, 0.2) is 0 Å². The first-order valence-corrected chi connectivity index (χ1v) is 5.92. The van der Waals surface area contributed by atoms with E-state index >= 15 is 0 Å². The van der Waals surface area contributed by atoms with Crippen LogP contribution < -0.4 is 0 Å². The molecule has 0 rings (SSSR count). The second kappa shape index (κ2) is 7.13. The van der Waals surface area contributed by atoms with E-state index in [1.54, 1.807) is 41.5 Å². The summed E-state index contributed by atoms with van der Waals surface area (Å²) in [7, 11) is 0. The van der Waals surface area contributed by atoms with E-state index < -0.39 is 22.8 Å². The van der Waals surface area contributed by atoms with Gasteiger partial charge in [-0.3, -0.25) is 9.59 Å². The molecule has 0 aromatic rings. The van der Waals surface area contributed by atoms with Gasteiger partial charge in [0.2, 0.25) is 0 Å². The van der Waals surface area contributed by atoms with Crippen LogP contribution >= 0.6 is 23.2 Å². The monoisotopic (exact) mass is 270 g/mol. The number of esters is 2. The molecule has 0 aromatic heterocycles. The van der Waals surface area contributed by atoms with Crippen molar-refractivity contribution in [3.63, 3.8) is 0 Å². The van der Waals surface area contributed by atoms with Crippen molar-refractivity contribution in [2.45, 2.75) is 41.5 Å². The number of rotatable bonds is 0. The Morgan fingerprint density at radius 3 is 1.19 bits per heavy atom. The van der Waals surface area contributed by atoms with Crippen LogP contribution in [0.25, 0.3) is 0 Å². The van der Waals surface area contributed by atoms with Crippen LogP contribution in [-0.4, -0.2) is 17.3 Å². The van der Waals surface area contributed by atoms with Gasteiger partial charge in [-0.15, -0.1) is 23.2 Å². The number of hydrogen-bond donors (Lipinski definition) is 0. The van der Waals surface area contributed by atoms with E-state index in [9.17, 15) is 9.59 Å². The topological polar surface area (TPSA) is 43.4 Å². The van der Waals surface area contributed by atoms with Gasteiger partial charge in [-0.1, -0.05) is 0 Å². The van der Waals surface area contributed by atoms with Gasteiger partial charge in [0.1, 0.15) is 0 Å². The third-order valence-corrected chi connectivity index (χ3v) is 1.41. The summed E-state index contributed by atoms with van der Waals surface area (Å²) >= 11 is 9.53. The maximum atomic E-state index is 11.3. The van der Waals surface area contributed by atoms with Gasteiger partial charge in [-0.05, 0) is 41.5 Å². The van der Waals surface area contributed by atoms with Crippen molar-refractivity contribution >= 4 is 35.1 Å². The van der Waals surface area contributed by atoms with Gasteiger partial charge < -0.3 is 4.74 Å². The fourth-order valence-corrected chi connectivity index (χ4v) is 0.390. The van der Waals surface area contributed by atoms with Crippen molar-refractivity contribution in [3.05, 3.63) is 0 Å². The standard InChI is InChI=1S/C10H18O3.CH2Cl2/c1-9(2,3)7(11)13-8(12)10(4,5)6;2-1-3/h1-6H3;1H2. The molecular formula is C11H20Cl2O3. The molecule has 0 spiro atoms. The van der Waals surface area contributed by atoms with Crippen LogP contribution in [0.4, 0.5) is 0 Å². The van der Waals surface area contributed by atoms with Crippen LogP contribution in [0, 0.1) is 10.8 Å². The molecule has 0 fully saturated rings. The normalized spacial score (nSPS) is 11.2. The third kappa shape index (κ3) is 8.98.